The molecule has 102 valence electrons. The minimum Gasteiger partial charge on any atom is -0.481 e. The summed E-state index contributed by atoms with van der Waals surface area (Å²) in [5.41, 5.74) is 0.612. The van der Waals surface area contributed by atoms with E-state index in [1.807, 2.05) is 18.2 Å². The molecule has 20 heavy (non-hydrogen) atoms. The molecule has 1 N–H and O–H groups in total. The third-order valence-corrected chi connectivity index (χ3v) is 3.40. The van der Waals surface area contributed by atoms with Crippen LogP contribution in [0.5, 0.6) is 0 Å². The maximum absolute atomic E-state index is 11.3. The number of carboxylic acid groups (broad SMARTS) is 1. The standard InChI is InChI=1S/C14H13N3O3/c18-14(19)10-6-2-1-5-9(10)13-16-12(17-20-13)11-7-3-4-8-15-11/h1-4,7-10H,5-6H2,(H,18,19)/t9-,10+/m1/s1. The van der Waals surface area contributed by atoms with E-state index in [1.54, 1.807) is 18.3 Å². The molecule has 6 nitrogen and oxygen atoms in total. The minimum atomic E-state index is -0.836. The van der Waals surface area contributed by atoms with E-state index in [1.165, 1.54) is 0 Å². The van der Waals surface area contributed by atoms with Gasteiger partial charge in [0.2, 0.25) is 11.7 Å². The molecule has 2 atom stereocenters. The average Bonchev–Trinajstić information content (AvgIpc) is 2.98. The van der Waals surface area contributed by atoms with Crippen molar-refractivity contribution in [3.8, 4) is 11.5 Å². The summed E-state index contributed by atoms with van der Waals surface area (Å²) >= 11 is 0. The van der Waals surface area contributed by atoms with E-state index in [0.717, 1.165) is 0 Å². The Morgan fingerprint density at radius 2 is 2.15 bits per heavy atom. The van der Waals surface area contributed by atoms with Crippen LogP contribution in [0.3, 0.4) is 0 Å². The van der Waals surface area contributed by atoms with E-state index in [4.69, 9.17) is 4.52 Å². The minimum absolute atomic E-state index is 0.275. The molecule has 2 heterocycles. The molecule has 2 aromatic heterocycles. The lowest BCUT2D eigenvalue weighted by Crippen LogP contribution is -2.23. The van der Waals surface area contributed by atoms with Gasteiger partial charge in [-0.15, -0.1) is 0 Å². The van der Waals surface area contributed by atoms with E-state index >= 15 is 0 Å². The monoisotopic (exact) mass is 271 g/mol. The smallest absolute Gasteiger partial charge is 0.307 e. The van der Waals surface area contributed by atoms with Gasteiger partial charge in [0.25, 0.3) is 0 Å². The van der Waals surface area contributed by atoms with Gasteiger partial charge in [-0.2, -0.15) is 4.98 Å². The van der Waals surface area contributed by atoms with Crippen molar-refractivity contribution in [2.45, 2.75) is 18.8 Å². The molecule has 0 aliphatic heterocycles. The van der Waals surface area contributed by atoms with Crippen molar-refractivity contribution in [3.05, 3.63) is 42.4 Å². The Morgan fingerprint density at radius 1 is 1.30 bits per heavy atom. The fourth-order valence-corrected chi connectivity index (χ4v) is 2.34. The molecule has 1 aliphatic rings. The number of rotatable bonds is 3. The second-order valence-corrected chi connectivity index (χ2v) is 4.67. The number of carboxylic acids is 1. The number of aromatic nitrogens is 3. The summed E-state index contributed by atoms with van der Waals surface area (Å²) in [7, 11) is 0. The first-order chi connectivity index (χ1) is 9.75. The maximum Gasteiger partial charge on any atom is 0.307 e. The van der Waals surface area contributed by atoms with Crippen LogP contribution < -0.4 is 0 Å². The van der Waals surface area contributed by atoms with Gasteiger partial charge in [-0.25, -0.2) is 0 Å². The number of hydrogen-bond acceptors (Lipinski definition) is 5. The van der Waals surface area contributed by atoms with Crippen LogP contribution in [0.1, 0.15) is 24.7 Å². The summed E-state index contributed by atoms with van der Waals surface area (Å²) in [4.78, 5) is 19.7. The first-order valence-corrected chi connectivity index (χ1v) is 6.38. The number of aliphatic carboxylic acids is 1. The second kappa shape index (κ2) is 5.24. The van der Waals surface area contributed by atoms with Crippen molar-refractivity contribution in [1.29, 1.82) is 0 Å². The quantitative estimate of drug-likeness (QED) is 0.861. The lowest BCUT2D eigenvalue weighted by atomic mass is 9.83. The Balaban J connectivity index is 1.90. The molecule has 2 aromatic rings. The van der Waals surface area contributed by atoms with E-state index in [2.05, 4.69) is 15.1 Å². The van der Waals surface area contributed by atoms with Crippen LogP contribution in [-0.2, 0) is 4.79 Å². The first kappa shape index (κ1) is 12.5. The molecule has 0 bridgehead atoms. The van der Waals surface area contributed by atoms with Crippen LogP contribution in [-0.4, -0.2) is 26.2 Å². The van der Waals surface area contributed by atoms with Crippen molar-refractivity contribution in [2.75, 3.05) is 0 Å². The van der Waals surface area contributed by atoms with Crippen LogP contribution in [0.15, 0.2) is 41.1 Å². The zero-order chi connectivity index (χ0) is 13.9. The highest BCUT2D eigenvalue weighted by Crippen LogP contribution is 2.34. The van der Waals surface area contributed by atoms with Crippen LogP contribution in [0.2, 0.25) is 0 Å². The largest absolute Gasteiger partial charge is 0.481 e. The van der Waals surface area contributed by atoms with Gasteiger partial charge >= 0.3 is 5.97 Å². The molecule has 0 spiro atoms. The van der Waals surface area contributed by atoms with Gasteiger partial charge in [0.05, 0.1) is 11.8 Å². The summed E-state index contributed by atoms with van der Waals surface area (Å²) in [6.45, 7) is 0. The Bertz CT molecular complexity index is 636. The third-order valence-electron chi connectivity index (χ3n) is 3.40. The van der Waals surface area contributed by atoms with Gasteiger partial charge in [0, 0.05) is 6.20 Å². The highest BCUT2D eigenvalue weighted by Gasteiger charge is 2.34. The number of carbonyl (C=O) groups is 1. The van der Waals surface area contributed by atoms with Crippen molar-refractivity contribution in [1.82, 2.24) is 15.1 Å². The molecule has 0 aromatic carbocycles. The van der Waals surface area contributed by atoms with E-state index < -0.39 is 11.9 Å². The molecule has 0 saturated carbocycles. The van der Waals surface area contributed by atoms with Crippen LogP contribution in [0.25, 0.3) is 11.5 Å². The Kier molecular flexibility index (Phi) is 3.28. The van der Waals surface area contributed by atoms with Crippen molar-refractivity contribution >= 4 is 5.97 Å². The van der Waals surface area contributed by atoms with Gasteiger partial charge in [-0.1, -0.05) is 23.4 Å². The number of pyridine rings is 1. The molecule has 0 fully saturated rings. The fourth-order valence-electron chi connectivity index (χ4n) is 2.34. The average molecular weight is 271 g/mol. The molecule has 3 rings (SSSR count). The van der Waals surface area contributed by atoms with Gasteiger partial charge in [0.1, 0.15) is 5.69 Å². The zero-order valence-electron chi connectivity index (χ0n) is 10.6. The molecule has 0 saturated heterocycles. The Labute approximate surface area is 115 Å². The summed E-state index contributed by atoms with van der Waals surface area (Å²) in [6, 6.07) is 5.42. The van der Waals surface area contributed by atoms with Crippen molar-refractivity contribution in [3.63, 3.8) is 0 Å². The van der Waals surface area contributed by atoms with Gasteiger partial charge in [-0.3, -0.25) is 9.78 Å². The molecular formula is C14H13N3O3. The van der Waals surface area contributed by atoms with Crippen molar-refractivity contribution in [2.24, 2.45) is 5.92 Å². The molecule has 0 radical (unpaired) electrons. The summed E-state index contributed by atoms with van der Waals surface area (Å²) in [5, 5.41) is 13.1. The number of allylic oxidation sites excluding steroid dienone is 2. The highest BCUT2D eigenvalue weighted by molar-refractivity contribution is 5.71. The zero-order valence-corrected chi connectivity index (χ0v) is 10.6. The lowest BCUT2D eigenvalue weighted by molar-refractivity contribution is -0.142. The topological polar surface area (TPSA) is 89.1 Å². The van der Waals surface area contributed by atoms with Crippen LogP contribution in [0.4, 0.5) is 0 Å². The second-order valence-electron chi connectivity index (χ2n) is 4.67. The van der Waals surface area contributed by atoms with E-state index in [0.29, 0.717) is 30.3 Å². The number of nitrogens with zero attached hydrogens (tertiary/aromatic N) is 3. The predicted molar refractivity (Wildman–Crippen MR) is 69.8 cm³/mol. The van der Waals surface area contributed by atoms with Crippen LogP contribution >= 0.6 is 0 Å². The van der Waals surface area contributed by atoms with Crippen molar-refractivity contribution < 1.29 is 14.4 Å². The number of hydrogen-bond donors (Lipinski definition) is 1. The molecule has 0 amide bonds. The third kappa shape index (κ3) is 2.32. The normalized spacial score (nSPS) is 21.8. The lowest BCUT2D eigenvalue weighted by Gasteiger charge is -2.21. The molecule has 6 heteroatoms. The summed E-state index contributed by atoms with van der Waals surface area (Å²) in [6.07, 6.45) is 6.57. The fraction of sp³-hybridized carbons (Fsp3) is 0.286. The molecule has 1 aliphatic carbocycles. The van der Waals surface area contributed by atoms with E-state index in [-0.39, 0.29) is 5.92 Å². The predicted octanol–water partition coefficient (Wildman–Crippen LogP) is 2.27. The van der Waals surface area contributed by atoms with Gasteiger partial charge in [-0.05, 0) is 25.0 Å². The maximum atomic E-state index is 11.3. The van der Waals surface area contributed by atoms with Gasteiger partial charge < -0.3 is 9.63 Å². The molecule has 0 unspecified atom stereocenters. The Morgan fingerprint density at radius 3 is 2.90 bits per heavy atom. The van der Waals surface area contributed by atoms with E-state index in [9.17, 15) is 9.90 Å². The summed E-state index contributed by atoms with van der Waals surface area (Å²) < 4.78 is 5.24. The highest BCUT2D eigenvalue weighted by atomic mass is 16.5. The van der Waals surface area contributed by atoms with Crippen LogP contribution in [0, 0.1) is 5.92 Å². The summed E-state index contributed by atoms with van der Waals surface area (Å²) in [5.74, 6) is -0.877. The molecular weight excluding hydrogens is 258 g/mol. The SMILES string of the molecule is O=C(O)[C@H]1CC=CC[C@H]1c1nc(-c2ccccn2)no1. The van der Waals surface area contributed by atoms with Gasteiger partial charge in [0.15, 0.2) is 0 Å². The first-order valence-electron chi connectivity index (χ1n) is 6.38. The Hall–Kier alpha value is -2.50.